The summed E-state index contributed by atoms with van der Waals surface area (Å²) in [5, 5.41) is 8.12. The van der Waals surface area contributed by atoms with E-state index in [0.717, 1.165) is 12.3 Å². The number of nitrogens with one attached hydrogen (secondary N) is 1. The number of allylic oxidation sites excluding steroid dienone is 4. The fourth-order valence-corrected chi connectivity index (χ4v) is 7.89. The van der Waals surface area contributed by atoms with Crippen LogP contribution in [0, 0.1) is 56.7 Å². The van der Waals surface area contributed by atoms with Gasteiger partial charge in [-0.25, -0.2) is 0 Å². The first-order chi connectivity index (χ1) is 15.5. The first-order valence-corrected chi connectivity index (χ1v) is 14.0. The summed E-state index contributed by atoms with van der Waals surface area (Å²) in [6.45, 7) is 35.1. The van der Waals surface area contributed by atoms with E-state index in [1.807, 2.05) is 0 Å². The van der Waals surface area contributed by atoms with Crippen molar-refractivity contribution in [3.05, 3.63) is 36.0 Å². The highest BCUT2D eigenvalue weighted by Crippen LogP contribution is 2.61. The lowest BCUT2D eigenvalue weighted by Crippen LogP contribution is -2.48. The van der Waals surface area contributed by atoms with Gasteiger partial charge in [0.2, 0.25) is 0 Å². The van der Waals surface area contributed by atoms with Crippen LogP contribution in [-0.4, -0.2) is 6.21 Å². The van der Waals surface area contributed by atoms with Crippen molar-refractivity contribution in [1.29, 1.82) is 5.41 Å². The van der Waals surface area contributed by atoms with Gasteiger partial charge in [0.1, 0.15) is 0 Å². The fraction of sp³-hybridized carbons (Fsp3) is 0.788. The van der Waals surface area contributed by atoms with Crippen molar-refractivity contribution in [3.8, 4) is 0 Å². The molecule has 1 saturated carbocycles. The maximum absolute atomic E-state index is 8.12. The van der Waals surface area contributed by atoms with Crippen LogP contribution in [0.25, 0.3) is 0 Å². The highest BCUT2D eigenvalue weighted by molar-refractivity contribution is 5.53. The zero-order valence-electron chi connectivity index (χ0n) is 24.7. The van der Waals surface area contributed by atoms with Gasteiger partial charge in [-0.1, -0.05) is 92.7 Å². The SMILES string of the molecule is C=C(C)C1=C[C@@]1(CC)C[C@H]1CCC(C)(C)[C@@H](C[C@@H](CC=N)C(C)([C@H](C)C(=C)C)C(C)(C)C)[C@@H]1C. The molecule has 1 N–H and O–H groups in total. The third-order valence-corrected chi connectivity index (χ3v) is 11.2. The highest BCUT2D eigenvalue weighted by atomic mass is 14.6. The van der Waals surface area contributed by atoms with E-state index in [-0.39, 0.29) is 10.8 Å². The van der Waals surface area contributed by atoms with Gasteiger partial charge in [-0.05, 0) is 110 Å². The van der Waals surface area contributed by atoms with Crippen LogP contribution in [0.15, 0.2) is 36.0 Å². The van der Waals surface area contributed by atoms with Crippen LogP contribution < -0.4 is 0 Å². The van der Waals surface area contributed by atoms with Crippen molar-refractivity contribution >= 4 is 6.21 Å². The van der Waals surface area contributed by atoms with Gasteiger partial charge in [0.25, 0.3) is 0 Å². The maximum atomic E-state index is 8.12. The predicted octanol–water partition coefficient (Wildman–Crippen LogP) is 10.3. The maximum Gasteiger partial charge on any atom is 0.0138 e. The van der Waals surface area contributed by atoms with Crippen LogP contribution in [0.4, 0.5) is 0 Å². The average Bonchev–Trinajstić information content (AvgIpc) is 3.45. The van der Waals surface area contributed by atoms with Crippen LogP contribution in [0.2, 0.25) is 0 Å². The van der Waals surface area contributed by atoms with Gasteiger partial charge in [-0.15, -0.1) is 0 Å². The normalized spacial score (nSPS) is 32.2. The molecule has 0 aromatic heterocycles. The molecule has 7 atom stereocenters. The van der Waals surface area contributed by atoms with Gasteiger partial charge in [-0.3, -0.25) is 0 Å². The average molecular weight is 468 g/mol. The standard InChI is InChI=1S/C33H57N/c1-14-33(21-29(33)23(4)5)20-26-15-17-31(11,12)28(24(26)6)19-27(16-18-34)32(13,30(8,9)10)25(7)22(2)3/h18,21,24-28,34H,2,4,14-17,19-20H2,1,3,5-13H3/t24-,25-,26-,27-,28+,32?,33-/m1/s1. The first kappa shape index (κ1) is 29.1. The van der Waals surface area contributed by atoms with E-state index < -0.39 is 0 Å². The van der Waals surface area contributed by atoms with E-state index in [0.29, 0.717) is 34.5 Å². The molecule has 1 heteroatoms. The Balaban J connectivity index is 2.38. The second-order valence-electron chi connectivity index (χ2n) is 14.3. The topological polar surface area (TPSA) is 23.9 Å². The third kappa shape index (κ3) is 5.34. The molecule has 2 rings (SSSR count). The predicted molar refractivity (Wildman–Crippen MR) is 152 cm³/mol. The molecule has 0 heterocycles. The van der Waals surface area contributed by atoms with Crippen LogP contribution in [0.1, 0.15) is 115 Å². The zero-order chi connectivity index (χ0) is 26.3. The molecule has 0 radical (unpaired) electrons. The van der Waals surface area contributed by atoms with E-state index >= 15 is 0 Å². The van der Waals surface area contributed by atoms with Crippen LogP contribution in [-0.2, 0) is 0 Å². The Hall–Kier alpha value is -1.11. The van der Waals surface area contributed by atoms with E-state index in [4.69, 9.17) is 5.41 Å². The largest absolute Gasteiger partial charge is 0.313 e. The summed E-state index contributed by atoms with van der Waals surface area (Å²) in [4.78, 5) is 0. The van der Waals surface area contributed by atoms with E-state index in [9.17, 15) is 0 Å². The molecular weight excluding hydrogens is 410 g/mol. The lowest BCUT2D eigenvalue weighted by molar-refractivity contribution is -0.0514. The smallest absolute Gasteiger partial charge is 0.0138 e. The van der Waals surface area contributed by atoms with Crippen molar-refractivity contribution in [3.63, 3.8) is 0 Å². The number of rotatable bonds is 11. The van der Waals surface area contributed by atoms with Crippen LogP contribution in [0.5, 0.6) is 0 Å². The Labute approximate surface area is 213 Å². The molecule has 0 aliphatic heterocycles. The molecule has 0 spiro atoms. The summed E-state index contributed by atoms with van der Waals surface area (Å²) < 4.78 is 0. The molecule has 1 nitrogen and oxygen atoms in total. The molecular formula is C33H57N. The lowest BCUT2D eigenvalue weighted by atomic mass is 9.49. The molecule has 1 unspecified atom stereocenters. The minimum absolute atomic E-state index is 0.0922. The quantitative estimate of drug-likeness (QED) is 0.231. The minimum atomic E-state index is 0.0922. The van der Waals surface area contributed by atoms with E-state index in [1.54, 1.807) is 6.21 Å². The Morgan fingerprint density at radius 3 is 2.21 bits per heavy atom. The highest BCUT2D eigenvalue weighted by Gasteiger charge is 2.52. The summed E-state index contributed by atoms with van der Waals surface area (Å²) in [5.41, 5.74) is 4.96. The second kappa shape index (κ2) is 10.1. The van der Waals surface area contributed by atoms with E-state index in [2.05, 4.69) is 95.4 Å². The molecule has 0 aromatic carbocycles. The van der Waals surface area contributed by atoms with Gasteiger partial charge in [0.05, 0.1) is 0 Å². The molecule has 0 bridgehead atoms. The zero-order valence-corrected chi connectivity index (χ0v) is 24.7. The molecule has 0 amide bonds. The Morgan fingerprint density at radius 2 is 1.79 bits per heavy atom. The van der Waals surface area contributed by atoms with Gasteiger partial charge in [-0.2, -0.15) is 0 Å². The summed E-state index contributed by atoms with van der Waals surface area (Å²) in [5.74, 6) is 3.05. The Kier molecular flexibility index (Phi) is 8.65. The van der Waals surface area contributed by atoms with Crippen LogP contribution in [0.3, 0.4) is 0 Å². The van der Waals surface area contributed by atoms with E-state index in [1.165, 1.54) is 48.8 Å². The van der Waals surface area contributed by atoms with Crippen LogP contribution >= 0.6 is 0 Å². The van der Waals surface area contributed by atoms with Crippen molar-refractivity contribution in [2.24, 2.45) is 51.2 Å². The van der Waals surface area contributed by atoms with Crippen molar-refractivity contribution < 1.29 is 0 Å². The second-order valence-corrected chi connectivity index (χ2v) is 14.3. The van der Waals surface area contributed by atoms with Gasteiger partial charge in [0.15, 0.2) is 0 Å². The fourth-order valence-electron chi connectivity index (χ4n) is 7.89. The monoisotopic (exact) mass is 467 g/mol. The molecule has 2 aliphatic rings. The minimum Gasteiger partial charge on any atom is -0.313 e. The third-order valence-electron chi connectivity index (χ3n) is 11.2. The van der Waals surface area contributed by atoms with Crippen molar-refractivity contribution in [1.82, 2.24) is 0 Å². The summed E-state index contributed by atoms with van der Waals surface area (Å²) in [6, 6.07) is 0. The van der Waals surface area contributed by atoms with Gasteiger partial charge < -0.3 is 5.41 Å². The molecule has 2 aliphatic carbocycles. The number of hydrogen-bond acceptors (Lipinski definition) is 1. The molecule has 1 fully saturated rings. The molecule has 34 heavy (non-hydrogen) atoms. The summed E-state index contributed by atoms with van der Waals surface area (Å²) >= 11 is 0. The molecule has 194 valence electrons. The summed E-state index contributed by atoms with van der Waals surface area (Å²) in [6.07, 6.45) is 11.5. The number of hydrogen-bond donors (Lipinski definition) is 1. The van der Waals surface area contributed by atoms with Crippen molar-refractivity contribution in [2.75, 3.05) is 0 Å². The van der Waals surface area contributed by atoms with Gasteiger partial charge in [0, 0.05) is 5.41 Å². The lowest BCUT2D eigenvalue weighted by Gasteiger charge is -2.56. The van der Waals surface area contributed by atoms with Crippen molar-refractivity contribution in [2.45, 2.75) is 115 Å². The summed E-state index contributed by atoms with van der Waals surface area (Å²) in [7, 11) is 0. The molecule has 0 aromatic rings. The molecule has 0 saturated heterocycles. The first-order valence-electron chi connectivity index (χ1n) is 14.0. The Morgan fingerprint density at radius 1 is 1.21 bits per heavy atom. The Bertz CT molecular complexity index is 805. The van der Waals surface area contributed by atoms with Gasteiger partial charge >= 0.3 is 0 Å².